The largest absolute Gasteiger partial charge is 0.370 e. The molecule has 2 N–H and O–H groups in total. The molecule has 0 radical (unpaired) electrons. The standard InChI is InChI=1S/C13H23N5/c1-10(2)18-7-5-11(9-18)8-16-12-4-6-15-13(14-3)17-12/h4,6,10-11H,5,7-9H2,1-3H3,(H2,14,15,16,17). The lowest BCUT2D eigenvalue weighted by Gasteiger charge is -2.20. The van der Waals surface area contributed by atoms with Gasteiger partial charge in [0.25, 0.3) is 0 Å². The summed E-state index contributed by atoms with van der Waals surface area (Å²) in [6.45, 7) is 7.92. The number of hydrogen-bond donors (Lipinski definition) is 2. The predicted molar refractivity (Wildman–Crippen MR) is 74.9 cm³/mol. The highest BCUT2D eigenvalue weighted by atomic mass is 15.2. The maximum Gasteiger partial charge on any atom is 0.224 e. The lowest BCUT2D eigenvalue weighted by atomic mass is 10.1. The van der Waals surface area contributed by atoms with E-state index in [0.29, 0.717) is 12.0 Å². The monoisotopic (exact) mass is 249 g/mol. The number of aromatic nitrogens is 2. The van der Waals surface area contributed by atoms with Gasteiger partial charge in [-0.05, 0) is 38.8 Å². The highest BCUT2D eigenvalue weighted by Gasteiger charge is 2.23. The Balaban J connectivity index is 1.81. The molecule has 1 atom stereocenters. The summed E-state index contributed by atoms with van der Waals surface area (Å²) in [6.07, 6.45) is 3.05. The van der Waals surface area contributed by atoms with Crippen LogP contribution in [0.2, 0.25) is 0 Å². The van der Waals surface area contributed by atoms with Crippen molar-refractivity contribution in [1.82, 2.24) is 14.9 Å². The van der Waals surface area contributed by atoms with Gasteiger partial charge in [-0.2, -0.15) is 4.98 Å². The minimum atomic E-state index is 0.657. The van der Waals surface area contributed by atoms with E-state index in [4.69, 9.17) is 0 Å². The van der Waals surface area contributed by atoms with Gasteiger partial charge in [0.15, 0.2) is 0 Å². The van der Waals surface area contributed by atoms with Gasteiger partial charge in [-0.15, -0.1) is 0 Å². The van der Waals surface area contributed by atoms with Crippen molar-refractivity contribution in [3.8, 4) is 0 Å². The Labute approximate surface area is 109 Å². The summed E-state index contributed by atoms with van der Waals surface area (Å²) >= 11 is 0. The molecule has 2 heterocycles. The van der Waals surface area contributed by atoms with Crippen molar-refractivity contribution >= 4 is 11.8 Å². The van der Waals surface area contributed by atoms with Crippen LogP contribution in [0.1, 0.15) is 20.3 Å². The second kappa shape index (κ2) is 6.00. The van der Waals surface area contributed by atoms with E-state index in [-0.39, 0.29) is 0 Å². The van der Waals surface area contributed by atoms with Crippen molar-refractivity contribution in [2.24, 2.45) is 5.92 Å². The Morgan fingerprint density at radius 3 is 3.00 bits per heavy atom. The van der Waals surface area contributed by atoms with Gasteiger partial charge in [0, 0.05) is 32.4 Å². The minimum Gasteiger partial charge on any atom is -0.370 e. The molecule has 0 aliphatic carbocycles. The van der Waals surface area contributed by atoms with Crippen LogP contribution in [0.15, 0.2) is 12.3 Å². The number of rotatable bonds is 5. The average Bonchev–Trinajstić information content (AvgIpc) is 2.85. The smallest absolute Gasteiger partial charge is 0.224 e. The van der Waals surface area contributed by atoms with Crippen LogP contribution in [0.4, 0.5) is 11.8 Å². The summed E-state index contributed by atoms with van der Waals surface area (Å²) in [5.41, 5.74) is 0. The Morgan fingerprint density at radius 2 is 2.33 bits per heavy atom. The van der Waals surface area contributed by atoms with E-state index in [1.807, 2.05) is 13.1 Å². The molecule has 1 aromatic rings. The molecule has 0 saturated carbocycles. The molecule has 1 unspecified atom stereocenters. The molecule has 0 bridgehead atoms. The number of likely N-dealkylation sites (tertiary alicyclic amines) is 1. The molecule has 1 aliphatic heterocycles. The summed E-state index contributed by atoms with van der Waals surface area (Å²) in [6, 6.07) is 2.57. The van der Waals surface area contributed by atoms with E-state index in [1.165, 1.54) is 19.5 Å². The highest BCUT2D eigenvalue weighted by Crippen LogP contribution is 2.19. The van der Waals surface area contributed by atoms with Crippen LogP contribution < -0.4 is 10.6 Å². The van der Waals surface area contributed by atoms with Gasteiger partial charge in [-0.1, -0.05) is 0 Å². The number of hydrogen-bond acceptors (Lipinski definition) is 5. The van der Waals surface area contributed by atoms with Gasteiger partial charge < -0.3 is 15.5 Å². The van der Waals surface area contributed by atoms with E-state index in [1.54, 1.807) is 6.20 Å². The van der Waals surface area contributed by atoms with Gasteiger partial charge in [0.1, 0.15) is 5.82 Å². The predicted octanol–water partition coefficient (Wildman–Crippen LogP) is 1.66. The second-order valence-electron chi connectivity index (χ2n) is 5.14. The van der Waals surface area contributed by atoms with Gasteiger partial charge in [-0.3, -0.25) is 0 Å². The third kappa shape index (κ3) is 3.32. The highest BCUT2D eigenvalue weighted by molar-refractivity contribution is 5.39. The molecule has 1 saturated heterocycles. The molecule has 0 spiro atoms. The van der Waals surface area contributed by atoms with Crippen LogP contribution in [0.3, 0.4) is 0 Å². The maximum atomic E-state index is 4.36. The minimum absolute atomic E-state index is 0.657. The fourth-order valence-corrected chi connectivity index (χ4v) is 2.32. The van der Waals surface area contributed by atoms with Crippen molar-refractivity contribution in [1.29, 1.82) is 0 Å². The van der Waals surface area contributed by atoms with Crippen LogP contribution in [0.25, 0.3) is 0 Å². The molecule has 0 amide bonds. The quantitative estimate of drug-likeness (QED) is 0.831. The number of nitrogens with one attached hydrogen (secondary N) is 2. The molecule has 100 valence electrons. The van der Waals surface area contributed by atoms with Crippen molar-refractivity contribution < 1.29 is 0 Å². The van der Waals surface area contributed by atoms with E-state index >= 15 is 0 Å². The third-order valence-corrected chi connectivity index (χ3v) is 3.50. The molecule has 5 heteroatoms. The summed E-state index contributed by atoms with van der Waals surface area (Å²) < 4.78 is 0. The molecule has 1 aromatic heterocycles. The van der Waals surface area contributed by atoms with Crippen molar-refractivity contribution in [2.75, 3.05) is 37.3 Å². The first-order chi connectivity index (χ1) is 8.69. The Morgan fingerprint density at radius 1 is 1.50 bits per heavy atom. The molecule has 1 aliphatic rings. The summed E-state index contributed by atoms with van der Waals surface area (Å²) in [4.78, 5) is 11.0. The van der Waals surface area contributed by atoms with Crippen molar-refractivity contribution in [2.45, 2.75) is 26.3 Å². The van der Waals surface area contributed by atoms with Crippen molar-refractivity contribution in [3.63, 3.8) is 0 Å². The zero-order valence-corrected chi connectivity index (χ0v) is 11.5. The molecular formula is C13H23N5. The molecule has 5 nitrogen and oxygen atoms in total. The van der Waals surface area contributed by atoms with Crippen molar-refractivity contribution in [3.05, 3.63) is 12.3 Å². The molecular weight excluding hydrogens is 226 g/mol. The Bertz CT molecular complexity index is 379. The van der Waals surface area contributed by atoms with Gasteiger partial charge >= 0.3 is 0 Å². The summed E-state index contributed by atoms with van der Waals surface area (Å²) in [5.74, 6) is 2.29. The first-order valence-corrected chi connectivity index (χ1v) is 6.67. The Kier molecular flexibility index (Phi) is 4.36. The lowest BCUT2D eigenvalue weighted by molar-refractivity contribution is 0.266. The fraction of sp³-hybridized carbons (Fsp3) is 0.692. The normalized spacial score (nSPS) is 20.3. The van der Waals surface area contributed by atoms with Crippen LogP contribution in [-0.2, 0) is 0 Å². The molecule has 18 heavy (non-hydrogen) atoms. The lowest BCUT2D eigenvalue weighted by Crippen LogP contribution is -2.29. The number of nitrogens with zero attached hydrogens (tertiary/aromatic N) is 3. The van der Waals surface area contributed by atoms with E-state index in [0.717, 1.165) is 18.3 Å². The van der Waals surface area contributed by atoms with E-state index in [2.05, 4.69) is 39.3 Å². The van der Waals surface area contributed by atoms with E-state index in [9.17, 15) is 0 Å². The Hall–Kier alpha value is -1.36. The van der Waals surface area contributed by atoms with Crippen LogP contribution in [0.5, 0.6) is 0 Å². The van der Waals surface area contributed by atoms with Gasteiger partial charge in [-0.25, -0.2) is 4.98 Å². The van der Waals surface area contributed by atoms with Gasteiger partial charge in [0.2, 0.25) is 5.95 Å². The zero-order chi connectivity index (χ0) is 13.0. The van der Waals surface area contributed by atoms with Crippen LogP contribution in [-0.4, -0.2) is 47.6 Å². The van der Waals surface area contributed by atoms with Crippen LogP contribution in [0, 0.1) is 5.92 Å². The summed E-state index contributed by atoms with van der Waals surface area (Å²) in [5, 5.41) is 6.35. The summed E-state index contributed by atoms with van der Waals surface area (Å²) in [7, 11) is 1.83. The maximum absolute atomic E-state index is 4.36. The molecule has 2 rings (SSSR count). The zero-order valence-electron chi connectivity index (χ0n) is 11.5. The van der Waals surface area contributed by atoms with Crippen LogP contribution >= 0.6 is 0 Å². The molecule has 1 fully saturated rings. The topological polar surface area (TPSA) is 53.1 Å². The fourth-order valence-electron chi connectivity index (χ4n) is 2.32. The first kappa shape index (κ1) is 13.1. The second-order valence-corrected chi connectivity index (χ2v) is 5.14. The van der Waals surface area contributed by atoms with Gasteiger partial charge in [0.05, 0.1) is 0 Å². The first-order valence-electron chi connectivity index (χ1n) is 6.67. The van der Waals surface area contributed by atoms with E-state index < -0.39 is 0 Å². The number of anilines is 2. The average molecular weight is 249 g/mol. The third-order valence-electron chi connectivity index (χ3n) is 3.50. The molecule has 0 aromatic carbocycles. The SMILES string of the molecule is CNc1nccc(NCC2CCN(C(C)C)C2)n1.